The highest BCUT2D eigenvalue weighted by Crippen LogP contribution is 2.69. The molecule has 1 aliphatic carbocycles. The first kappa shape index (κ1) is 26.3. The van der Waals surface area contributed by atoms with Gasteiger partial charge in [-0.1, -0.05) is 57.4 Å². The third kappa shape index (κ3) is 3.32. The number of allylic oxidation sites excluding steroid dienone is 2. The lowest BCUT2D eigenvalue weighted by molar-refractivity contribution is -0.0893. The Balaban J connectivity index is 1.59. The van der Waals surface area contributed by atoms with Crippen LogP contribution < -0.4 is 9.95 Å². The second-order valence-corrected chi connectivity index (χ2v) is 14.6. The number of quaternary nitrogens is 1. The molecule has 0 bridgehead atoms. The zero-order valence-electron chi connectivity index (χ0n) is 24.5. The maximum atomic E-state index is 10.6. The molecule has 3 aliphatic rings. The van der Waals surface area contributed by atoms with Crippen molar-refractivity contribution in [1.29, 1.82) is 0 Å². The number of thiophene rings is 1. The molecule has 38 heavy (non-hydrogen) atoms. The van der Waals surface area contributed by atoms with Gasteiger partial charge >= 0.3 is 7.48 Å². The molecule has 4 atom stereocenters. The lowest BCUT2D eigenvalue weighted by atomic mass is 9.57. The first-order chi connectivity index (χ1) is 17.8. The molecular weight excluding hydrogens is 485 g/mol. The fourth-order valence-corrected chi connectivity index (χ4v) is 8.86. The molecule has 0 fully saturated rings. The maximum absolute atomic E-state index is 10.6. The van der Waals surface area contributed by atoms with Gasteiger partial charge in [0.15, 0.2) is 5.69 Å². The fraction of sp³-hybridized carbons (Fsp3) is 0.515. The second kappa shape index (κ2) is 8.30. The summed E-state index contributed by atoms with van der Waals surface area (Å²) >= 11 is 2.01. The quantitative estimate of drug-likeness (QED) is 0.272. The van der Waals surface area contributed by atoms with Gasteiger partial charge < -0.3 is 9.76 Å². The van der Waals surface area contributed by atoms with Crippen LogP contribution in [0, 0.1) is 17.8 Å². The molecule has 0 spiro atoms. The largest absolute Gasteiger partial charge is 0.427 e. The highest BCUT2D eigenvalue weighted by molar-refractivity contribution is 7.21. The van der Waals surface area contributed by atoms with Gasteiger partial charge in [0, 0.05) is 27.2 Å². The van der Waals surface area contributed by atoms with Crippen LogP contribution in [0.3, 0.4) is 0 Å². The van der Waals surface area contributed by atoms with Crippen molar-refractivity contribution in [2.24, 2.45) is 17.8 Å². The van der Waals surface area contributed by atoms with Crippen molar-refractivity contribution in [1.82, 2.24) is 4.48 Å². The Hall–Kier alpha value is -1.92. The van der Waals surface area contributed by atoms with E-state index in [0.717, 1.165) is 16.5 Å². The number of fused-ring (bicyclic) bond motifs is 7. The molecule has 0 saturated heterocycles. The SMILES string of the molecule is CC[N+]12C3=C(CC(C)C(C)C3C(C)(C)c3cc([B]OC(C)(C)C(C)(C)O)ccc31)c1sc3ccccc3c12. The number of rotatable bonds is 5. The second-order valence-electron chi connectivity index (χ2n) is 13.6. The van der Waals surface area contributed by atoms with Crippen molar-refractivity contribution in [2.75, 3.05) is 6.54 Å². The summed E-state index contributed by atoms with van der Waals surface area (Å²) in [6, 6.07) is 16.0. The van der Waals surface area contributed by atoms with Crippen LogP contribution in [0.15, 0.2) is 48.2 Å². The standard InChI is InChI=1S/C33H42BNO2S/c1-10-35-25-16-15-21(34-37-33(8,9)32(6,7)36)18-24(25)31(4,5)27-20(3)19(2)17-23(28(27)35)30-29(35)22-13-11-12-14-26(22)38-30/h11-16,18-20,27,36H,10,17H2,1-9H3/q+1. The molecular formula is C33H42BNO2S+. The van der Waals surface area contributed by atoms with E-state index in [1.54, 1.807) is 25.1 Å². The molecule has 2 aromatic carbocycles. The van der Waals surface area contributed by atoms with E-state index in [0.29, 0.717) is 17.8 Å². The minimum Gasteiger partial charge on any atom is -0.427 e. The predicted octanol–water partition coefficient (Wildman–Crippen LogP) is 7.68. The Morgan fingerprint density at radius 2 is 1.82 bits per heavy atom. The van der Waals surface area contributed by atoms with Crippen molar-refractivity contribution >= 4 is 51.3 Å². The predicted molar refractivity (Wildman–Crippen MR) is 163 cm³/mol. The molecule has 1 radical (unpaired) electrons. The molecule has 4 unspecified atom stereocenters. The average molecular weight is 528 g/mol. The van der Waals surface area contributed by atoms with Gasteiger partial charge in [-0.15, -0.1) is 11.3 Å². The Morgan fingerprint density at radius 3 is 2.50 bits per heavy atom. The molecule has 0 amide bonds. The summed E-state index contributed by atoms with van der Waals surface area (Å²) in [6.07, 6.45) is 1.17. The summed E-state index contributed by atoms with van der Waals surface area (Å²) in [5, 5.41) is 12.0. The van der Waals surface area contributed by atoms with Gasteiger partial charge in [0.25, 0.3) is 0 Å². The van der Waals surface area contributed by atoms with E-state index in [1.807, 2.05) is 32.7 Å². The molecule has 0 saturated carbocycles. The third-order valence-electron chi connectivity index (χ3n) is 10.5. The molecule has 5 heteroatoms. The van der Waals surface area contributed by atoms with E-state index < -0.39 is 11.2 Å². The number of benzene rings is 2. The van der Waals surface area contributed by atoms with E-state index >= 15 is 0 Å². The molecule has 6 rings (SSSR count). The van der Waals surface area contributed by atoms with Crippen molar-refractivity contribution < 1.29 is 9.76 Å². The van der Waals surface area contributed by atoms with Crippen LogP contribution in [0.25, 0.3) is 15.7 Å². The summed E-state index contributed by atoms with van der Waals surface area (Å²) in [6.45, 7) is 20.8. The fourth-order valence-electron chi connectivity index (χ4n) is 7.54. The molecule has 3 nitrogen and oxygen atoms in total. The highest BCUT2D eigenvalue weighted by atomic mass is 32.1. The van der Waals surface area contributed by atoms with Gasteiger partial charge in [-0.3, -0.25) is 0 Å². The molecule has 199 valence electrons. The highest BCUT2D eigenvalue weighted by Gasteiger charge is 2.63. The Kier molecular flexibility index (Phi) is 5.75. The first-order valence-electron chi connectivity index (χ1n) is 14.3. The Labute approximate surface area is 233 Å². The van der Waals surface area contributed by atoms with Gasteiger partial charge in [-0.2, -0.15) is 0 Å². The van der Waals surface area contributed by atoms with Crippen LogP contribution in [-0.2, 0) is 10.1 Å². The summed E-state index contributed by atoms with van der Waals surface area (Å²) in [5.41, 5.74) is 7.04. The summed E-state index contributed by atoms with van der Waals surface area (Å²) in [4.78, 5) is 1.53. The molecule has 3 aromatic rings. The average Bonchev–Trinajstić information content (AvgIpc) is 3.36. The third-order valence-corrected chi connectivity index (χ3v) is 11.8. The molecule has 2 aliphatic heterocycles. The normalized spacial score (nSPS) is 27.8. The van der Waals surface area contributed by atoms with Gasteiger partial charge in [0.05, 0.1) is 28.0 Å². The van der Waals surface area contributed by atoms with Crippen molar-refractivity contribution in [3.8, 4) is 0 Å². The number of hydrogen-bond acceptors (Lipinski definition) is 3. The van der Waals surface area contributed by atoms with E-state index in [4.69, 9.17) is 4.65 Å². The van der Waals surface area contributed by atoms with Gasteiger partial charge in [-0.05, 0) is 71.1 Å². The number of nitrogens with zero attached hydrogens (tertiary/aromatic N) is 1. The molecule has 3 heterocycles. The Bertz CT molecular complexity index is 1480. The summed E-state index contributed by atoms with van der Waals surface area (Å²) in [5.74, 6) is 1.70. The maximum Gasteiger partial charge on any atom is 0.330 e. The lowest BCUT2D eigenvalue weighted by Crippen LogP contribution is -2.56. The van der Waals surface area contributed by atoms with Gasteiger partial charge in [-0.25, -0.2) is 4.48 Å². The van der Waals surface area contributed by atoms with Crippen LogP contribution in [0.1, 0.15) is 79.2 Å². The van der Waals surface area contributed by atoms with E-state index in [1.165, 1.54) is 38.3 Å². The van der Waals surface area contributed by atoms with Crippen LogP contribution in [-0.4, -0.2) is 30.3 Å². The van der Waals surface area contributed by atoms with Crippen molar-refractivity contribution in [2.45, 2.75) is 85.4 Å². The molecule has 1 aromatic heterocycles. The Morgan fingerprint density at radius 1 is 1.11 bits per heavy atom. The van der Waals surface area contributed by atoms with E-state index in [2.05, 4.69) is 77.1 Å². The molecule has 1 N–H and O–H groups in total. The number of aliphatic hydroxyl groups is 1. The van der Waals surface area contributed by atoms with Crippen LogP contribution in [0.5, 0.6) is 0 Å². The van der Waals surface area contributed by atoms with Crippen LogP contribution >= 0.6 is 11.3 Å². The first-order valence-corrected chi connectivity index (χ1v) is 15.1. The van der Waals surface area contributed by atoms with Crippen LogP contribution in [0.2, 0.25) is 0 Å². The van der Waals surface area contributed by atoms with Gasteiger partial charge in [0.1, 0.15) is 11.4 Å². The minimum absolute atomic E-state index is 0.0134. The summed E-state index contributed by atoms with van der Waals surface area (Å²) in [7, 11) is 1.85. The van der Waals surface area contributed by atoms with E-state index in [-0.39, 0.29) is 5.41 Å². The monoisotopic (exact) mass is 527 g/mol. The minimum atomic E-state index is -0.954. The van der Waals surface area contributed by atoms with E-state index in [9.17, 15) is 5.11 Å². The summed E-state index contributed by atoms with van der Waals surface area (Å²) < 4.78 is 8.48. The van der Waals surface area contributed by atoms with Crippen LogP contribution in [0.4, 0.5) is 11.4 Å². The zero-order chi connectivity index (χ0) is 27.4. The lowest BCUT2D eigenvalue weighted by Gasteiger charge is -2.54. The van der Waals surface area contributed by atoms with Crippen molar-refractivity contribution in [3.63, 3.8) is 0 Å². The smallest absolute Gasteiger partial charge is 0.330 e. The van der Waals surface area contributed by atoms with Crippen molar-refractivity contribution in [3.05, 3.63) is 58.6 Å². The van der Waals surface area contributed by atoms with Gasteiger partial charge in [0.2, 0.25) is 0 Å². The number of hydrogen-bond donors (Lipinski definition) is 1. The topological polar surface area (TPSA) is 29.5 Å². The zero-order valence-corrected chi connectivity index (χ0v) is 25.3.